The van der Waals surface area contributed by atoms with Crippen LogP contribution in [0.25, 0.3) is 0 Å². The first kappa shape index (κ1) is 19.4. The summed E-state index contributed by atoms with van der Waals surface area (Å²) in [5.41, 5.74) is 2.97. The Bertz CT molecular complexity index is 905. The molecule has 0 aliphatic heterocycles. The Labute approximate surface area is 166 Å². The van der Waals surface area contributed by atoms with E-state index < -0.39 is 0 Å². The lowest BCUT2D eigenvalue weighted by atomic mass is 10.1. The standard InChI is InChI=1S/C19H21ClN4O2S/c1-12-14(10-22-24-12)4-3-9-21-19(25)18-13(2)23-17(27-18)11-26-16-7-5-15(20)6-8-16/h5-8,10H,3-4,9,11H2,1-2H3,(H,21,25)(H,22,24). The zero-order valence-electron chi connectivity index (χ0n) is 15.2. The van der Waals surface area contributed by atoms with Gasteiger partial charge < -0.3 is 10.1 Å². The number of nitrogens with one attached hydrogen (secondary N) is 2. The predicted molar refractivity (Wildman–Crippen MR) is 107 cm³/mol. The van der Waals surface area contributed by atoms with Crippen molar-refractivity contribution in [2.45, 2.75) is 33.3 Å². The third-order valence-corrected chi connectivity index (χ3v) is 5.45. The molecule has 0 radical (unpaired) electrons. The van der Waals surface area contributed by atoms with Crippen molar-refractivity contribution in [3.63, 3.8) is 0 Å². The first-order valence-corrected chi connectivity index (χ1v) is 9.84. The van der Waals surface area contributed by atoms with Gasteiger partial charge in [0, 0.05) is 17.3 Å². The third kappa shape index (κ3) is 5.30. The van der Waals surface area contributed by atoms with Crippen LogP contribution in [0.3, 0.4) is 0 Å². The number of halogens is 1. The van der Waals surface area contributed by atoms with Gasteiger partial charge >= 0.3 is 0 Å². The van der Waals surface area contributed by atoms with Gasteiger partial charge in [0.25, 0.3) is 5.91 Å². The van der Waals surface area contributed by atoms with E-state index in [-0.39, 0.29) is 5.91 Å². The number of ether oxygens (including phenoxy) is 1. The highest BCUT2D eigenvalue weighted by molar-refractivity contribution is 7.13. The van der Waals surface area contributed by atoms with Crippen LogP contribution in [0, 0.1) is 13.8 Å². The molecule has 8 heteroatoms. The van der Waals surface area contributed by atoms with E-state index in [1.54, 1.807) is 24.3 Å². The maximum absolute atomic E-state index is 12.4. The third-order valence-electron chi connectivity index (χ3n) is 4.07. The van der Waals surface area contributed by atoms with E-state index in [0.29, 0.717) is 28.8 Å². The van der Waals surface area contributed by atoms with Gasteiger partial charge in [0.15, 0.2) is 0 Å². The molecule has 2 N–H and O–H groups in total. The summed E-state index contributed by atoms with van der Waals surface area (Å²) in [6.07, 6.45) is 3.57. The number of aromatic nitrogens is 3. The van der Waals surface area contributed by atoms with E-state index in [4.69, 9.17) is 16.3 Å². The monoisotopic (exact) mass is 404 g/mol. The fourth-order valence-electron chi connectivity index (χ4n) is 2.59. The molecule has 0 spiro atoms. The Morgan fingerprint density at radius 2 is 2.07 bits per heavy atom. The summed E-state index contributed by atoms with van der Waals surface area (Å²) in [5, 5.41) is 11.3. The van der Waals surface area contributed by atoms with E-state index in [1.165, 1.54) is 16.9 Å². The Kier molecular flexibility index (Phi) is 6.47. The topological polar surface area (TPSA) is 79.9 Å². The van der Waals surface area contributed by atoms with E-state index in [0.717, 1.165) is 29.2 Å². The van der Waals surface area contributed by atoms with Crippen molar-refractivity contribution in [1.29, 1.82) is 0 Å². The fraction of sp³-hybridized carbons (Fsp3) is 0.316. The Hall–Kier alpha value is -2.38. The molecule has 0 atom stereocenters. The van der Waals surface area contributed by atoms with Crippen LogP contribution in [0.5, 0.6) is 5.75 Å². The minimum absolute atomic E-state index is 0.0911. The van der Waals surface area contributed by atoms with Gasteiger partial charge in [-0.3, -0.25) is 9.89 Å². The molecule has 0 aliphatic rings. The Morgan fingerprint density at radius 1 is 1.30 bits per heavy atom. The molecular formula is C19H21ClN4O2S. The lowest BCUT2D eigenvalue weighted by molar-refractivity contribution is 0.0956. The molecule has 27 heavy (non-hydrogen) atoms. The summed E-state index contributed by atoms with van der Waals surface area (Å²) in [6.45, 7) is 4.76. The molecule has 3 aromatic rings. The summed E-state index contributed by atoms with van der Waals surface area (Å²) in [7, 11) is 0. The van der Waals surface area contributed by atoms with Gasteiger partial charge in [0.2, 0.25) is 0 Å². The molecule has 6 nitrogen and oxygen atoms in total. The molecule has 0 unspecified atom stereocenters. The number of H-pyrrole nitrogens is 1. The van der Waals surface area contributed by atoms with Gasteiger partial charge in [0.05, 0.1) is 11.9 Å². The van der Waals surface area contributed by atoms with Crippen LogP contribution >= 0.6 is 22.9 Å². The van der Waals surface area contributed by atoms with Crippen LogP contribution in [0.15, 0.2) is 30.5 Å². The van der Waals surface area contributed by atoms with Gasteiger partial charge in [0.1, 0.15) is 22.2 Å². The largest absolute Gasteiger partial charge is 0.486 e. The number of nitrogens with zero attached hydrogens (tertiary/aromatic N) is 2. The number of hydrogen-bond acceptors (Lipinski definition) is 5. The fourth-order valence-corrected chi connectivity index (χ4v) is 3.61. The van der Waals surface area contributed by atoms with Gasteiger partial charge in [-0.2, -0.15) is 5.10 Å². The average molecular weight is 405 g/mol. The maximum Gasteiger partial charge on any atom is 0.263 e. The molecule has 0 aliphatic carbocycles. The molecule has 142 valence electrons. The summed E-state index contributed by atoms with van der Waals surface area (Å²) in [6, 6.07) is 7.15. The van der Waals surface area contributed by atoms with Crippen molar-refractivity contribution in [3.05, 3.63) is 62.3 Å². The van der Waals surface area contributed by atoms with Crippen molar-refractivity contribution in [2.24, 2.45) is 0 Å². The van der Waals surface area contributed by atoms with Gasteiger partial charge in [-0.15, -0.1) is 11.3 Å². The van der Waals surface area contributed by atoms with Crippen LogP contribution in [-0.2, 0) is 13.0 Å². The van der Waals surface area contributed by atoms with Gasteiger partial charge in [-0.1, -0.05) is 11.6 Å². The Morgan fingerprint density at radius 3 is 2.78 bits per heavy atom. The molecule has 0 saturated heterocycles. The van der Waals surface area contributed by atoms with Crippen molar-refractivity contribution >= 4 is 28.8 Å². The Balaban J connectivity index is 1.48. The highest BCUT2D eigenvalue weighted by atomic mass is 35.5. The summed E-state index contributed by atoms with van der Waals surface area (Å²) < 4.78 is 5.69. The predicted octanol–water partition coefficient (Wildman–Crippen LogP) is 4.08. The second-order valence-electron chi connectivity index (χ2n) is 6.14. The lowest BCUT2D eigenvalue weighted by Gasteiger charge is -2.04. The first-order chi connectivity index (χ1) is 13.0. The van der Waals surface area contributed by atoms with Crippen molar-refractivity contribution < 1.29 is 9.53 Å². The van der Waals surface area contributed by atoms with E-state index in [2.05, 4.69) is 20.5 Å². The smallest absolute Gasteiger partial charge is 0.263 e. The van der Waals surface area contributed by atoms with Crippen LogP contribution in [0.4, 0.5) is 0 Å². The number of aromatic amines is 1. The normalized spacial score (nSPS) is 10.8. The number of aryl methyl sites for hydroxylation is 3. The molecule has 2 aromatic heterocycles. The highest BCUT2D eigenvalue weighted by Crippen LogP contribution is 2.21. The molecule has 0 fully saturated rings. The van der Waals surface area contributed by atoms with Crippen LogP contribution in [0.2, 0.25) is 5.02 Å². The number of thiazole rings is 1. The summed E-state index contributed by atoms with van der Waals surface area (Å²) >= 11 is 7.22. The van der Waals surface area contributed by atoms with E-state index in [1.807, 2.05) is 20.0 Å². The van der Waals surface area contributed by atoms with Crippen LogP contribution < -0.4 is 10.1 Å². The molecule has 3 rings (SSSR count). The number of amides is 1. The number of rotatable bonds is 8. The van der Waals surface area contributed by atoms with Crippen molar-refractivity contribution in [2.75, 3.05) is 6.54 Å². The zero-order valence-corrected chi connectivity index (χ0v) is 16.8. The number of carbonyl (C=O) groups is 1. The molecule has 1 amide bonds. The minimum Gasteiger partial charge on any atom is -0.486 e. The number of benzene rings is 1. The minimum atomic E-state index is -0.0911. The molecule has 2 heterocycles. The second kappa shape index (κ2) is 9.01. The molecule has 0 bridgehead atoms. The van der Waals surface area contributed by atoms with E-state index in [9.17, 15) is 4.79 Å². The maximum atomic E-state index is 12.4. The van der Waals surface area contributed by atoms with Gasteiger partial charge in [-0.05, 0) is 56.5 Å². The zero-order chi connectivity index (χ0) is 19.2. The lowest BCUT2D eigenvalue weighted by Crippen LogP contribution is -2.24. The van der Waals surface area contributed by atoms with Gasteiger partial charge in [-0.25, -0.2) is 4.98 Å². The molecule has 0 saturated carbocycles. The number of carbonyl (C=O) groups excluding carboxylic acids is 1. The van der Waals surface area contributed by atoms with E-state index >= 15 is 0 Å². The van der Waals surface area contributed by atoms with Crippen molar-refractivity contribution in [3.8, 4) is 5.75 Å². The molecule has 1 aromatic carbocycles. The van der Waals surface area contributed by atoms with Crippen LogP contribution in [-0.4, -0.2) is 27.6 Å². The summed E-state index contributed by atoms with van der Waals surface area (Å²) in [5.74, 6) is 0.624. The average Bonchev–Trinajstić information content (AvgIpc) is 3.23. The SMILES string of the molecule is Cc1nc(COc2ccc(Cl)cc2)sc1C(=O)NCCCc1cn[nH]c1C. The highest BCUT2D eigenvalue weighted by Gasteiger charge is 2.15. The summed E-state index contributed by atoms with van der Waals surface area (Å²) in [4.78, 5) is 17.5. The molecular weight excluding hydrogens is 384 g/mol. The van der Waals surface area contributed by atoms with Crippen molar-refractivity contribution in [1.82, 2.24) is 20.5 Å². The quantitative estimate of drug-likeness (QED) is 0.554. The number of hydrogen-bond donors (Lipinski definition) is 2. The second-order valence-corrected chi connectivity index (χ2v) is 7.66. The van der Waals surface area contributed by atoms with Crippen LogP contribution in [0.1, 0.15) is 38.1 Å². The first-order valence-electron chi connectivity index (χ1n) is 8.64.